The number of anilines is 2. The van der Waals surface area contributed by atoms with E-state index in [0.29, 0.717) is 48.2 Å². The average molecular weight is 466 g/mol. The van der Waals surface area contributed by atoms with E-state index in [-0.39, 0.29) is 24.3 Å². The van der Waals surface area contributed by atoms with Crippen LogP contribution < -0.4 is 10.6 Å². The summed E-state index contributed by atoms with van der Waals surface area (Å²) in [4.78, 5) is 48.2. The summed E-state index contributed by atoms with van der Waals surface area (Å²) >= 11 is 1.41. The highest BCUT2D eigenvalue weighted by Crippen LogP contribution is 2.28. The molecule has 4 rings (SSSR count). The molecule has 2 N–H and O–H groups in total. The maximum absolute atomic E-state index is 12.5. The predicted octanol–water partition coefficient (Wildman–Crippen LogP) is 2.96. The van der Waals surface area contributed by atoms with Gasteiger partial charge in [0.05, 0.1) is 24.4 Å². The average Bonchev–Trinajstić information content (AvgIpc) is 3.21. The molecule has 0 saturated carbocycles. The Morgan fingerprint density at radius 1 is 1.12 bits per heavy atom. The standard InChI is InChI=1S/C23H23N5O4S/c1-2-32-22(31)15-6-8-16(9-7-15)25-20(29)14-28-12-10-17-19(13-28)33-23(26-17)27-21(30)18-5-3-4-11-24-18/h3-9,11H,2,10,12-14H2,1H3,(H,25,29)(H,26,27,30). The first kappa shape index (κ1) is 22.6. The number of benzene rings is 1. The number of ether oxygens (including phenoxy) is 1. The second-order valence-corrected chi connectivity index (χ2v) is 8.45. The minimum atomic E-state index is -0.389. The summed E-state index contributed by atoms with van der Waals surface area (Å²) in [6.45, 7) is 3.57. The first-order chi connectivity index (χ1) is 16.0. The molecule has 0 spiro atoms. The Bertz CT molecular complexity index is 1150. The number of carbonyl (C=O) groups excluding carboxylic acids is 3. The van der Waals surface area contributed by atoms with Gasteiger partial charge >= 0.3 is 5.97 Å². The van der Waals surface area contributed by atoms with Gasteiger partial charge in [-0.3, -0.25) is 24.8 Å². The number of rotatable bonds is 7. The summed E-state index contributed by atoms with van der Waals surface area (Å²) in [5.41, 5.74) is 2.33. The van der Waals surface area contributed by atoms with Crippen molar-refractivity contribution < 1.29 is 19.1 Å². The summed E-state index contributed by atoms with van der Waals surface area (Å²) < 4.78 is 4.96. The van der Waals surface area contributed by atoms with Gasteiger partial charge in [-0.05, 0) is 43.3 Å². The number of esters is 1. The van der Waals surface area contributed by atoms with Gasteiger partial charge in [-0.15, -0.1) is 11.3 Å². The van der Waals surface area contributed by atoms with Gasteiger partial charge in [0.25, 0.3) is 5.91 Å². The monoisotopic (exact) mass is 465 g/mol. The first-order valence-corrected chi connectivity index (χ1v) is 11.3. The van der Waals surface area contributed by atoms with E-state index in [1.807, 2.05) is 4.90 Å². The molecule has 0 atom stereocenters. The zero-order valence-corrected chi connectivity index (χ0v) is 18.9. The van der Waals surface area contributed by atoms with Crippen molar-refractivity contribution >= 4 is 39.9 Å². The van der Waals surface area contributed by atoms with Crippen molar-refractivity contribution in [3.8, 4) is 0 Å². The largest absolute Gasteiger partial charge is 0.462 e. The van der Waals surface area contributed by atoms with Gasteiger partial charge in [0.1, 0.15) is 5.69 Å². The molecule has 0 fully saturated rings. The molecule has 1 aliphatic heterocycles. The molecule has 170 valence electrons. The fourth-order valence-electron chi connectivity index (χ4n) is 3.40. The Morgan fingerprint density at radius 3 is 2.67 bits per heavy atom. The van der Waals surface area contributed by atoms with E-state index < -0.39 is 0 Å². The highest BCUT2D eigenvalue weighted by atomic mass is 32.1. The fraction of sp³-hybridized carbons (Fsp3) is 0.261. The van der Waals surface area contributed by atoms with Crippen LogP contribution in [0.3, 0.4) is 0 Å². The first-order valence-electron chi connectivity index (χ1n) is 10.5. The molecule has 9 nitrogen and oxygen atoms in total. The predicted molar refractivity (Wildman–Crippen MR) is 124 cm³/mol. The van der Waals surface area contributed by atoms with Crippen molar-refractivity contribution in [1.82, 2.24) is 14.9 Å². The summed E-state index contributed by atoms with van der Waals surface area (Å²) in [5.74, 6) is -0.831. The van der Waals surface area contributed by atoms with Gasteiger partial charge in [-0.1, -0.05) is 6.07 Å². The normalized spacial score (nSPS) is 13.1. The third-order valence-electron chi connectivity index (χ3n) is 4.98. The lowest BCUT2D eigenvalue weighted by molar-refractivity contribution is -0.117. The summed E-state index contributed by atoms with van der Waals surface area (Å²) in [6.07, 6.45) is 2.27. The van der Waals surface area contributed by atoms with Crippen molar-refractivity contribution in [1.29, 1.82) is 0 Å². The van der Waals surface area contributed by atoms with E-state index >= 15 is 0 Å². The number of amides is 2. The van der Waals surface area contributed by atoms with Gasteiger partial charge < -0.3 is 10.1 Å². The molecular formula is C23H23N5O4S. The molecule has 2 amide bonds. The van der Waals surface area contributed by atoms with E-state index in [0.717, 1.165) is 10.6 Å². The Balaban J connectivity index is 1.30. The SMILES string of the molecule is CCOC(=O)c1ccc(NC(=O)CN2CCc3nc(NC(=O)c4ccccn4)sc3C2)cc1. The van der Waals surface area contributed by atoms with E-state index in [2.05, 4.69) is 20.6 Å². The van der Waals surface area contributed by atoms with Crippen LogP contribution in [0.4, 0.5) is 10.8 Å². The minimum absolute atomic E-state index is 0.143. The van der Waals surface area contributed by atoms with Crippen LogP contribution in [0.15, 0.2) is 48.7 Å². The van der Waals surface area contributed by atoms with Crippen molar-refractivity contribution in [2.75, 3.05) is 30.3 Å². The lowest BCUT2D eigenvalue weighted by Crippen LogP contribution is -2.36. The van der Waals surface area contributed by atoms with Crippen molar-refractivity contribution in [2.24, 2.45) is 0 Å². The number of hydrogen-bond donors (Lipinski definition) is 2. The minimum Gasteiger partial charge on any atom is -0.462 e. The number of nitrogens with zero attached hydrogens (tertiary/aromatic N) is 3. The topological polar surface area (TPSA) is 114 Å². The van der Waals surface area contributed by atoms with Gasteiger partial charge in [-0.25, -0.2) is 9.78 Å². The molecule has 3 aromatic rings. The molecule has 3 heterocycles. The number of carbonyl (C=O) groups is 3. The van der Waals surface area contributed by atoms with Crippen molar-refractivity contribution in [2.45, 2.75) is 19.9 Å². The number of hydrogen-bond acceptors (Lipinski definition) is 8. The van der Waals surface area contributed by atoms with Crippen LogP contribution in [0.2, 0.25) is 0 Å². The van der Waals surface area contributed by atoms with E-state index in [1.54, 1.807) is 55.6 Å². The smallest absolute Gasteiger partial charge is 0.338 e. The summed E-state index contributed by atoms with van der Waals surface area (Å²) in [7, 11) is 0. The van der Waals surface area contributed by atoms with Crippen LogP contribution in [0.25, 0.3) is 0 Å². The number of nitrogens with one attached hydrogen (secondary N) is 2. The van der Waals surface area contributed by atoms with Gasteiger partial charge in [0.15, 0.2) is 5.13 Å². The van der Waals surface area contributed by atoms with Gasteiger partial charge in [0, 0.05) is 36.3 Å². The van der Waals surface area contributed by atoms with Crippen LogP contribution in [-0.4, -0.2) is 52.3 Å². The van der Waals surface area contributed by atoms with Crippen LogP contribution in [0.1, 0.15) is 38.3 Å². The number of pyridine rings is 1. The highest BCUT2D eigenvalue weighted by molar-refractivity contribution is 7.15. The zero-order valence-electron chi connectivity index (χ0n) is 18.0. The molecule has 0 bridgehead atoms. The number of fused-ring (bicyclic) bond motifs is 1. The second kappa shape index (κ2) is 10.3. The van der Waals surface area contributed by atoms with E-state index in [1.165, 1.54) is 11.3 Å². The maximum atomic E-state index is 12.5. The third kappa shape index (κ3) is 5.79. The summed E-state index contributed by atoms with van der Waals surface area (Å²) in [5, 5.41) is 6.18. The Hall–Kier alpha value is -3.63. The van der Waals surface area contributed by atoms with E-state index in [4.69, 9.17) is 4.74 Å². The fourth-order valence-corrected chi connectivity index (χ4v) is 4.45. The number of aromatic nitrogens is 2. The van der Waals surface area contributed by atoms with Crippen molar-refractivity contribution in [3.63, 3.8) is 0 Å². The molecule has 0 radical (unpaired) electrons. The van der Waals surface area contributed by atoms with E-state index in [9.17, 15) is 14.4 Å². The second-order valence-electron chi connectivity index (χ2n) is 7.36. The maximum Gasteiger partial charge on any atom is 0.338 e. The Morgan fingerprint density at radius 2 is 1.94 bits per heavy atom. The van der Waals surface area contributed by atoms with Crippen LogP contribution >= 0.6 is 11.3 Å². The van der Waals surface area contributed by atoms with Gasteiger partial charge in [0.2, 0.25) is 5.91 Å². The summed E-state index contributed by atoms with van der Waals surface area (Å²) in [6, 6.07) is 11.8. The molecule has 1 aromatic carbocycles. The lowest BCUT2D eigenvalue weighted by Gasteiger charge is -2.25. The quantitative estimate of drug-likeness (QED) is 0.516. The zero-order chi connectivity index (χ0) is 23.2. The van der Waals surface area contributed by atoms with Crippen molar-refractivity contribution in [3.05, 3.63) is 70.5 Å². The molecule has 0 aliphatic carbocycles. The van der Waals surface area contributed by atoms with Crippen LogP contribution in [-0.2, 0) is 22.5 Å². The lowest BCUT2D eigenvalue weighted by atomic mass is 10.2. The molecule has 0 unspecified atom stereocenters. The Kier molecular flexibility index (Phi) is 7.06. The molecule has 0 saturated heterocycles. The highest BCUT2D eigenvalue weighted by Gasteiger charge is 2.23. The molecule has 33 heavy (non-hydrogen) atoms. The van der Waals surface area contributed by atoms with Gasteiger partial charge in [-0.2, -0.15) is 0 Å². The molecular weight excluding hydrogens is 442 g/mol. The molecule has 1 aliphatic rings. The van der Waals surface area contributed by atoms with Crippen LogP contribution in [0, 0.1) is 0 Å². The Labute approximate surface area is 194 Å². The third-order valence-corrected chi connectivity index (χ3v) is 5.97. The number of thiazole rings is 1. The molecule has 10 heteroatoms. The van der Waals surface area contributed by atoms with Crippen LogP contribution in [0.5, 0.6) is 0 Å². The molecule has 2 aromatic heterocycles.